The number of ether oxygens (including phenoxy) is 1. The Morgan fingerprint density at radius 1 is 1.00 bits per heavy atom. The van der Waals surface area contributed by atoms with Crippen LogP contribution in [0.5, 0.6) is 0 Å². The first-order valence-corrected chi connectivity index (χ1v) is 13.2. The fourth-order valence-corrected chi connectivity index (χ4v) is 6.40. The minimum atomic E-state index is -0.919. The smallest absolute Gasteiger partial charge is 0.335 e. The third kappa shape index (κ3) is 4.15. The van der Waals surface area contributed by atoms with Crippen molar-refractivity contribution in [2.45, 2.75) is 57.0 Å². The minimum Gasteiger partial charge on any atom is -0.478 e. The quantitative estimate of drug-likeness (QED) is 0.543. The van der Waals surface area contributed by atoms with Gasteiger partial charge in [-0.25, -0.2) is 9.59 Å². The number of aromatic nitrogens is 1. The number of morpholine rings is 1. The standard InChI is InChI=1S/C29H33N3O4/c33-28(34)21-10-11-24-25(17-21)32-18-22(30-29(35)31-12-14-36-15-13-31)16-20-8-4-5-9-23(20)27(32)26(24)19-6-2-1-3-7-19/h4-5,8-11,17,19,22H,1-3,6-7,12-16,18H2,(H,30,35)(H,33,34)/t22-/m1/s1. The molecule has 1 aromatic heterocycles. The predicted octanol–water partition coefficient (Wildman–Crippen LogP) is 5.02. The first kappa shape index (κ1) is 23.1. The summed E-state index contributed by atoms with van der Waals surface area (Å²) in [6, 6.07) is 13.9. The molecule has 1 aliphatic carbocycles. The van der Waals surface area contributed by atoms with Gasteiger partial charge < -0.3 is 24.6 Å². The average Bonchev–Trinajstić information content (AvgIpc) is 3.13. The summed E-state index contributed by atoms with van der Waals surface area (Å²) >= 11 is 0. The summed E-state index contributed by atoms with van der Waals surface area (Å²) in [4.78, 5) is 26.8. The molecule has 0 radical (unpaired) electrons. The monoisotopic (exact) mass is 487 g/mol. The molecule has 2 aromatic carbocycles. The summed E-state index contributed by atoms with van der Waals surface area (Å²) in [7, 11) is 0. The number of fused-ring (bicyclic) bond motifs is 5. The van der Waals surface area contributed by atoms with Crippen molar-refractivity contribution >= 4 is 22.9 Å². The van der Waals surface area contributed by atoms with Gasteiger partial charge in [-0.2, -0.15) is 0 Å². The van der Waals surface area contributed by atoms with Gasteiger partial charge in [0.1, 0.15) is 0 Å². The van der Waals surface area contributed by atoms with Crippen molar-refractivity contribution in [3.05, 3.63) is 59.2 Å². The molecule has 2 N–H and O–H groups in total. The molecule has 2 amide bonds. The lowest BCUT2D eigenvalue weighted by atomic mass is 9.81. The number of nitrogens with one attached hydrogen (secondary N) is 1. The van der Waals surface area contributed by atoms with Gasteiger partial charge in [-0.05, 0) is 48.4 Å². The SMILES string of the molecule is O=C(O)c1ccc2c(C3CCCCC3)c3n(c2c1)C[C@H](NC(=O)N1CCOCC1)Cc1ccccc1-3. The van der Waals surface area contributed by atoms with Gasteiger partial charge in [0.05, 0.1) is 30.5 Å². The number of carboxylic acid groups (broad SMARTS) is 1. The molecule has 3 heterocycles. The van der Waals surface area contributed by atoms with E-state index in [9.17, 15) is 14.7 Å². The summed E-state index contributed by atoms with van der Waals surface area (Å²) in [5.41, 5.74) is 6.24. The molecule has 2 fully saturated rings. The fourth-order valence-electron chi connectivity index (χ4n) is 6.40. The zero-order valence-corrected chi connectivity index (χ0v) is 20.5. The third-order valence-corrected chi connectivity index (χ3v) is 8.13. The molecule has 0 bridgehead atoms. The maximum absolute atomic E-state index is 13.1. The maximum Gasteiger partial charge on any atom is 0.335 e. The summed E-state index contributed by atoms with van der Waals surface area (Å²) in [6.07, 6.45) is 6.78. The number of carboxylic acids is 1. The summed E-state index contributed by atoms with van der Waals surface area (Å²) in [5, 5.41) is 14.2. The van der Waals surface area contributed by atoms with Crippen LogP contribution in [0, 0.1) is 0 Å². The lowest BCUT2D eigenvalue weighted by Crippen LogP contribution is -2.50. The molecule has 7 nitrogen and oxygen atoms in total. The Labute approximate surface area is 211 Å². The van der Waals surface area contributed by atoms with E-state index in [4.69, 9.17) is 4.74 Å². The van der Waals surface area contributed by atoms with Crippen molar-refractivity contribution in [1.82, 2.24) is 14.8 Å². The molecule has 7 heteroatoms. The van der Waals surface area contributed by atoms with E-state index < -0.39 is 5.97 Å². The fraction of sp³-hybridized carbons (Fsp3) is 0.448. The summed E-state index contributed by atoms with van der Waals surface area (Å²) in [6.45, 7) is 2.93. The van der Waals surface area contributed by atoms with Crippen LogP contribution in [0.4, 0.5) is 4.79 Å². The summed E-state index contributed by atoms with van der Waals surface area (Å²) in [5.74, 6) is -0.460. The van der Waals surface area contributed by atoms with E-state index >= 15 is 0 Å². The highest BCUT2D eigenvalue weighted by atomic mass is 16.5. The van der Waals surface area contributed by atoms with Crippen LogP contribution in [-0.4, -0.2) is 58.9 Å². The lowest BCUT2D eigenvalue weighted by molar-refractivity contribution is 0.0524. The van der Waals surface area contributed by atoms with Gasteiger partial charge in [0.2, 0.25) is 0 Å². The molecule has 1 saturated heterocycles. The molecule has 2 aliphatic heterocycles. The number of rotatable bonds is 3. The van der Waals surface area contributed by atoms with Crippen LogP contribution >= 0.6 is 0 Å². The van der Waals surface area contributed by atoms with E-state index in [0.717, 1.165) is 30.2 Å². The highest BCUT2D eigenvalue weighted by Gasteiger charge is 2.32. The minimum absolute atomic E-state index is 0.0561. The highest BCUT2D eigenvalue weighted by Crippen LogP contribution is 2.46. The number of amides is 2. The number of carbonyl (C=O) groups excluding carboxylic acids is 1. The second-order valence-electron chi connectivity index (χ2n) is 10.4. The Morgan fingerprint density at radius 3 is 2.56 bits per heavy atom. The second-order valence-corrected chi connectivity index (χ2v) is 10.4. The number of nitrogens with zero attached hydrogens (tertiary/aromatic N) is 2. The number of benzene rings is 2. The number of urea groups is 1. The van der Waals surface area contributed by atoms with Crippen molar-refractivity contribution in [2.24, 2.45) is 0 Å². The molecule has 36 heavy (non-hydrogen) atoms. The first-order chi connectivity index (χ1) is 17.6. The van der Waals surface area contributed by atoms with E-state index in [0.29, 0.717) is 44.3 Å². The molecule has 3 aliphatic rings. The number of carbonyl (C=O) groups is 2. The molecule has 3 aromatic rings. The second kappa shape index (κ2) is 9.62. The Kier molecular flexibility index (Phi) is 6.17. The third-order valence-electron chi connectivity index (χ3n) is 8.13. The van der Waals surface area contributed by atoms with Gasteiger partial charge in [0.15, 0.2) is 0 Å². The normalized spacial score (nSPS) is 20.4. The van der Waals surface area contributed by atoms with Crippen LogP contribution < -0.4 is 5.32 Å². The van der Waals surface area contributed by atoms with Crippen LogP contribution in [0.15, 0.2) is 42.5 Å². The van der Waals surface area contributed by atoms with E-state index in [2.05, 4.69) is 34.1 Å². The zero-order chi connectivity index (χ0) is 24.6. The van der Waals surface area contributed by atoms with E-state index in [-0.39, 0.29) is 12.1 Å². The van der Waals surface area contributed by atoms with Crippen molar-refractivity contribution in [3.8, 4) is 11.3 Å². The Morgan fingerprint density at radius 2 is 1.78 bits per heavy atom. The van der Waals surface area contributed by atoms with Crippen LogP contribution in [0.1, 0.15) is 59.5 Å². The highest BCUT2D eigenvalue weighted by molar-refractivity contribution is 5.98. The molecular formula is C29H33N3O4. The topological polar surface area (TPSA) is 83.8 Å². The average molecular weight is 488 g/mol. The van der Waals surface area contributed by atoms with Crippen LogP contribution in [-0.2, 0) is 17.7 Å². The van der Waals surface area contributed by atoms with E-state index in [1.165, 1.54) is 41.6 Å². The molecule has 1 atom stereocenters. The van der Waals surface area contributed by atoms with Crippen molar-refractivity contribution in [2.75, 3.05) is 26.3 Å². The van der Waals surface area contributed by atoms with Gasteiger partial charge in [0, 0.05) is 36.1 Å². The molecule has 1 saturated carbocycles. The van der Waals surface area contributed by atoms with Crippen LogP contribution in [0.25, 0.3) is 22.2 Å². The van der Waals surface area contributed by atoms with E-state index in [1.807, 2.05) is 17.0 Å². The van der Waals surface area contributed by atoms with Crippen LogP contribution in [0.2, 0.25) is 0 Å². The lowest BCUT2D eigenvalue weighted by Gasteiger charge is -2.29. The maximum atomic E-state index is 13.1. The van der Waals surface area contributed by atoms with Gasteiger partial charge in [-0.15, -0.1) is 0 Å². The Hall–Kier alpha value is -3.32. The molecule has 6 rings (SSSR count). The van der Waals surface area contributed by atoms with Gasteiger partial charge in [0.25, 0.3) is 0 Å². The molecular weight excluding hydrogens is 454 g/mol. The number of aromatic carboxylic acids is 1. The largest absolute Gasteiger partial charge is 0.478 e. The molecule has 188 valence electrons. The predicted molar refractivity (Wildman–Crippen MR) is 139 cm³/mol. The van der Waals surface area contributed by atoms with Gasteiger partial charge in [-0.1, -0.05) is 49.6 Å². The van der Waals surface area contributed by atoms with Crippen LogP contribution in [0.3, 0.4) is 0 Å². The Balaban J connectivity index is 1.49. The van der Waals surface area contributed by atoms with Crippen molar-refractivity contribution in [3.63, 3.8) is 0 Å². The first-order valence-electron chi connectivity index (χ1n) is 13.2. The number of hydrogen-bond donors (Lipinski definition) is 2. The number of hydrogen-bond acceptors (Lipinski definition) is 3. The van der Waals surface area contributed by atoms with E-state index in [1.54, 1.807) is 6.07 Å². The van der Waals surface area contributed by atoms with Crippen molar-refractivity contribution in [1.29, 1.82) is 0 Å². The Bertz CT molecular complexity index is 1300. The van der Waals surface area contributed by atoms with Gasteiger partial charge >= 0.3 is 12.0 Å². The zero-order valence-electron chi connectivity index (χ0n) is 20.5. The summed E-state index contributed by atoms with van der Waals surface area (Å²) < 4.78 is 7.71. The van der Waals surface area contributed by atoms with Gasteiger partial charge in [-0.3, -0.25) is 0 Å². The molecule has 0 spiro atoms. The molecule has 0 unspecified atom stereocenters. The van der Waals surface area contributed by atoms with Crippen molar-refractivity contribution < 1.29 is 19.4 Å².